The highest BCUT2D eigenvalue weighted by atomic mass is 16.3. The van der Waals surface area contributed by atoms with E-state index >= 15 is 0 Å². The standard InChI is InChI=1S/C15H18N2O4/c1-10(18)16-12-7-8-14(20)17(15(12)21)9-13(19)11-5-3-2-4-6-11/h2-6,12-13,19H,7-9H2,1H3,(H,16,18)/t12-,13-/m0/s1. The lowest BCUT2D eigenvalue weighted by Crippen LogP contribution is -2.55. The Kier molecular flexibility index (Phi) is 4.70. The Morgan fingerprint density at radius 2 is 2.05 bits per heavy atom. The van der Waals surface area contributed by atoms with Crippen molar-refractivity contribution in [3.63, 3.8) is 0 Å². The Hall–Kier alpha value is -2.21. The van der Waals surface area contributed by atoms with Crippen molar-refractivity contribution in [1.29, 1.82) is 0 Å². The van der Waals surface area contributed by atoms with E-state index in [4.69, 9.17) is 0 Å². The summed E-state index contributed by atoms with van der Waals surface area (Å²) in [6.07, 6.45) is -0.455. The van der Waals surface area contributed by atoms with Crippen LogP contribution >= 0.6 is 0 Å². The molecule has 0 saturated carbocycles. The van der Waals surface area contributed by atoms with Gasteiger partial charge >= 0.3 is 0 Å². The Morgan fingerprint density at radius 3 is 2.67 bits per heavy atom. The summed E-state index contributed by atoms with van der Waals surface area (Å²) < 4.78 is 0. The zero-order valence-corrected chi connectivity index (χ0v) is 11.8. The molecule has 1 heterocycles. The van der Waals surface area contributed by atoms with Crippen molar-refractivity contribution in [3.8, 4) is 0 Å². The number of aliphatic hydroxyl groups excluding tert-OH is 1. The van der Waals surface area contributed by atoms with E-state index in [2.05, 4.69) is 5.32 Å². The third kappa shape index (κ3) is 3.66. The number of nitrogens with one attached hydrogen (secondary N) is 1. The van der Waals surface area contributed by atoms with E-state index in [9.17, 15) is 19.5 Å². The summed E-state index contributed by atoms with van der Waals surface area (Å²) in [5.41, 5.74) is 0.639. The fraction of sp³-hybridized carbons (Fsp3) is 0.400. The molecule has 0 unspecified atom stereocenters. The molecule has 21 heavy (non-hydrogen) atoms. The Labute approximate surface area is 122 Å². The normalized spacial score (nSPS) is 20.3. The molecular formula is C15H18N2O4. The van der Waals surface area contributed by atoms with E-state index in [1.54, 1.807) is 24.3 Å². The molecule has 1 aliphatic heterocycles. The number of nitrogens with zero attached hydrogens (tertiary/aromatic N) is 1. The van der Waals surface area contributed by atoms with Crippen molar-refractivity contribution in [2.24, 2.45) is 0 Å². The molecule has 6 heteroatoms. The van der Waals surface area contributed by atoms with Gasteiger partial charge in [-0.15, -0.1) is 0 Å². The topological polar surface area (TPSA) is 86.7 Å². The van der Waals surface area contributed by atoms with Crippen molar-refractivity contribution in [2.45, 2.75) is 31.9 Å². The number of aliphatic hydroxyl groups is 1. The van der Waals surface area contributed by atoms with Crippen LogP contribution in [0.3, 0.4) is 0 Å². The minimum atomic E-state index is -0.935. The van der Waals surface area contributed by atoms with Crippen LogP contribution in [0, 0.1) is 0 Å². The summed E-state index contributed by atoms with van der Waals surface area (Å²) in [6, 6.07) is 8.14. The molecule has 2 N–H and O–H groups in total. The number of carbonyl (C=O) groups is 3. The van der Waals surface area contributed by atoms with Gasteiger partial charge in [0.2, 0.25) is 11.8 Å². The molecule has 0 spiro atoms. The molecule has 1 aliphatic rings. The second-order valence-corrected chi connectivity index (χ2v) is 5.06. The second kappa shape index (κ2) is 6.49. The maximum atomic E-state index is 12.2. The monoisotopic (exact) mass is 290 g/mol. The lowest BCUT2D eigenvalue weighted by Gasteiger charge is -2.32. The van der Waals surface area contributed by atoms with Gasteiger partial charge in [-0.3, -0.25) is 19.3 Å². The number of rotatable bonds is 4. The fourth-order valence-electron chi connectivity index (χ4n) is 2.36. The van der Waals surface area contributed by atoms with Crippen LogP contribution in [-0.4, -0.2) is 40.3 Å². The number of imide groups is 1. The van der Waals surface area contributed by atoms with E-state index in [1.807, 2.05) is 6.07 Å². The van der Waals surface area contributed by atoms with Crippen molar-refractivity contribution in [2.75, 3.05) is 6.54 Å². The summed E-state index contributed by atoms with van der Waals surface area (Å²) in [7, 11) is 0. The molecule has 1 aromatic carbocycles. The maximum absolute atomic E-state index is 12.2. The second-order valence-electron chi connectivity index (χ2n) is 5.06. The van der Waals surface area contributed by atoms with Crippen LogP contribution in [0.25, 0.3) is 0 Å². The summed E-state index contributed by atoms with van der Waals surface area (Å²) >= 11 is 0. The molecule has 1 saturated heterocycles. The van der Waals surface area contributed by atoms with Gasteiger partial charge in [0.05, 0.1) is 12.6 Å². The zero-order valence-electron chi connectivity index (χ0n) is 11.8. The number of hydrogen-bond acceptors (Lipinski definition) is 4. The SMILES string of the molecule is CC(=O)N[C@H]1CCC(=O)N(C[C@H](O)c2ccccc2)C1=O. The first-order valence-corrected chi connectivity index (χ1v) is 6.83. The molecule has 6 nitrogen and oxygen atoms in total. The van der Waals surface area contributed by atoms with Crippen LogP contribution in [-0.2, 0) is 14.4 Å². The average molecular weight is 290 g/mol. The molecule has 0 bridgehead atoms. The summed E-state index contributed by atoms with van der Waals surface area (Å²) in [6.45, 7) is 1.23. The smallest absolute Gasteiger partial charge is 0.251 e. The average Bonchev–Trinajstić information content (AvgIpc) is 2.47. The highest BCUT2D eigenvalue weighted by molar-refractivity contribution is 6.01. The van der Waals surface area contributed by atoms with Crippen LogP contribution < -0.4 is 5.32 Å². The number of β-amino-alcohol motifs (C(OH)–C–C–N with tert-alkyl or cyclic N) is 1. The van der Waals surface area contributed by atoms with E-state index < -0.39 is 18.1 Å². The lowest BCUT2D eigenvalue weighted by atomic mass is 10.0. The molecule has 112 valence electrons. The van der Waals surface area contributed by atoms with Gasteiger partial charge in [0.1, 0.15) is 6.04 Å². The van der Waals surface area contributed by atoms with Gasteiger partial charge in [-0.25, -0.2) is 0 Å². The van der Waals surface area contributed by atoms with Gasteiger partial charge in [-0.1, -0.05) is 30.3 Å². The molecule has 0 radical (unpaired) electrons. The Morgan fingerprint density at radius 1 is 1.38 bits per heavy atom. The molecule has 0 aliphatic carbocycles. The third-order valence-corrected chi connectivity index (χ3v) is 3.43. The molecule has 2 rings (SSSR count). The molecule has 0 aromatic heterocycles. The maximum Gasteiger partial charge on any atom is 0.251 e. The van der Waals surface area contributed by atoms with Crippen LogP contribution in [0.1, 0.15) is 31.4 Å². The van der Waals surface area contributed by atoms with Gasteiger partial charge in [0.25, 0.3) is 5.91 Å². The number of amides is 3. The van der Waals surface area contributed by atoms with Crippen LogP contribution in [0.4, 0.5) is 0 Å². The number of piperidine rings is 1. The van der Waals surface area contributed by atoms with Gasteiger partial charge in [0.15, 0.2) is 0 Å². The highest BCUT2D eigenvalue weighted by Gasteiger charge is 2.35. The van der Waals surface area contributed by atoms with Crippen LogP contribution in [0.15, 0.2) is 30.3 Å². The van der Waals surface area contributed by atoms with Crippen molar-refractivity contribution in [3.05, 3.63) is 35.9 Å². The van der Waals surface area contributed by atoms with E-state index in [1.165, 1.54) is 6.92 Å². The molecular weight excluding hydrogens is 272 g/mol. The van der Waals surface area contributed by atoms with Crippen molar-refractivity contribution in [1.82, 2.24) is 10.2 Å². The van der Waals surface area contributed by atoms with E-state index in [0.29, 0.717) is 12.0 Å². The molecule has 1 fully saturated rings. The first kappa shape index (κ1) is 15.2. The van der Waals surface area contributed by atoms with Gasteiger partial charge in [0, 0.05) is 13.3 Å². The quantitative estimate of drug-likeness (QED) is 0.785. The number of likely N-dealkylation sites (tertiary alicyclic amines) is 1. The predicted octanol–water partition coefficient (Wildman–Crippen LogP) is 0.374. The lowest BCUT2D eigenvalue weighted by molar-refractivity contribution is -0.152. The largest absolute Gasteiger partial charge is 0.387 e. The summed E-state index contributed by atoms with van der Waals surface area (Å²) in [5, 5.41) is 12.7. The molecule has 1 aromatic rings. The fourth-order valence-corrected chi connectivity index (χ4v) is 2.36. The number of hydrogen-bond donors (Lipinski definition) is 2. The molecule has 3 amide bonds. The highest BCUT2D eigenvalue weighted by Crippen LogP contribution is 2.19. The minimum absolute atomic E-state index is 0.0994. The minimum Gasteiger partial charge on any atom is -0.387 e. The van der Waals surface area contributed by atoms with Gasteiger partial charge < -0.3 is 10.4 Å². The number of benzene rings is 1. The van der Waals surface area contributed by atoms with Crippen LogP contribution in [0.2, 0.25) is 0 Å². The summed E-state index contributed by atoms with van der Waals surface area (Å²) in [5.74, 6) is -1.10. The number of carbonyl (C=O) groups excluding carboxylic acids is 3. The Bertz CT molecular complexity index is 544. The third-order valence-electron chi connectivity index (χ3n) is 3.43. The van der Waals surface area contributed by atoms with Crippen LogP contribution in [0.5, 0.6) is 0 Å². The predicted molar refractivity (Wildman–Crippen MR) is 75.0 cm³/mol. The molecule has 2 atom stereocenters. The Balaban J connectivity index is 2.08. The first-order valence-electron chi connectivity index (χ1n) is 6.83. The van der Waals surface area contributed by atoms with Crippen molar-refractivity contribution < 1.29 is 19.5 Å². The van der Waals surface area contributed by atoms with Gasteiger partial charge in [-0.05, 0) is 12.0 Å². The van der Waals surface area contributed by atoms with E-state index in [0.717, 1.165) is 4.90 Å². The first-order chi connectivity index (χ1) is 9.99. The van der Waals surface area contributed by atoms with Crippen molar-refractivity contribution >= 4 is 17.7 Å². The van der Waals surface area contributed by atoms with E-state index in [-0.39, 0.29) is 24.8 Å². The van der Waals surface area contributed by atoms with Gasteiger partial charge in [-0.2, -0.15) is 0 Å². The summed E-state index contributed by atoms with van der Waals surface area (Å²) in [4.78, 5) is 36.2. The zero-order chi connectivity index (χ0) is 15.4.